The molecule has 26 heavy (non-hydrogen) atoms. The molecule has 0 unspecified atom stereocenters. The molecule has 3 rings (SSSR count). The first-order valence-corrected chi connectivity index (χ1v) is 8.72. The van der Waals surface area contributed by atoms with Gasteiger partial charge in [0.15, 0.2) is 0 Å². The van der Waals surface area contributed by atoms with Gasteiger partial charge in [-0.2, -0.15) is 0 Å². The van der Waals surface area contributed by atoms with Crippen molar-refractivity contribution in [3.8, 4) is 5.75 Å². The van der Waals surface area contributed by atoms with E-state index in [4.69, 9.17) is 4.74 Å². The molecule has 1 atom stereocenters. The first kappa shape index (κ1) is 17.7. The number of rotatable bonds is 6. The Hall–Kier alpha value is -3.08. The summed E-state index contributed by atoms with van der Waals surface area (Å²) in [5.74, 6) is 0.357. The molecule has 1 aliphatic heterocycles. The van der Waals surface area contributed by atoms with Crippen LogP contribution in [-0.4, -0.2) is 22.9 Å². The number of hydrogen-bond donors (Lipinski definition) is 1. The van der Waals surface area contributed by atoms with Crippen molar-refractivity contribution in [1.82, 2.24) is 10.2 Å². The van der Waals surface area contributed by atoms with E-state index in [0.29, 0.717) is 5.75 Å². The van der Waals surface area contributed by atoms with E-state index in [9.17, 15) is 9.59 Å². The first-order chi connectivity index (χ1) is 12.6. The molecule has 5 nitrogen and oxygen atoms in total. The van der Waals surface area contributed by atoms with Crippen LogP contribution in [0, 0.1) is 0 Å². The Kier molecular flexibility index (Phi) is 5.37. The summed E-state index contributed by atoms with van der Waals surface area (Å²) in [6.07, 6.45) is 2.62. The van der Waals surface area contributed by atoms with Crippen molar-refractivity contribution in [2.45, 2.75) is 32.9 Å². The van der Waals surface area contributed by atoms with Crippen molar-refractivity contribution in [3.05, 3.63) is 71.4 Å². The summed E-state index contributed by atoms with van der Waals surface area (Å²) in [5, 5.41) is 2.66. The van der Waals surface area contributed by atoms with Crippen LogP contribution in [-0.2, 0) is 11.3 Å². The summed E-state index contributed by atoms with van der Waals surface area (Å²) in [4.78, 5) is 26.1. The Bertz CT molecular complexity index is 830. The first-order valence-electron chi connectivity index (χ1n) is 8.72. The molecule has 0 aliphatic carbocycles. The zero-order valence-electron chi connectivity index (χ0n) is 14.9. The van der Waals surface area contributed by atoms with Crippen LogP contribution in [0.3, 0.4) is 0 Å². The lowest BCUT2D eigenvalue weighted by atomic mass is 10.1. The lowest BCUT2D eigenvalue weighted by Crippen LogP contribution is -2.30. The fraction of sp³-hybridized carbons (Fsp3) is 0.238. The molecule has 1 aliphatic rings. The van der Waals surface area contributed by atoms with Gasteiger partial charge in [-0.15, -0.1) is 0 Å². The zero-order chi connectivity index (χ0) is 18.5. The van der Waals surface area contributed by atoms with Crippen molar-refractivity contribution >= 4 is 18.0 Å². The maximum absolute atomic E-state index is 12.6. The molecule has 0 bridgehead atoms. The molecule has 1 N–H and O–H groups in total. The van der Waals surface area contributed by atoms with Gasteiger partial charge in [0.1, 0.15) is 11.4 Å². The average Bonchev–Trinajstić information content (AvgIpc) is 2.91. The van der Waals surface area contributed by atoms with Crippen LogP contribution in [0.4, 0.5) is 4.79 Å². The molecular weight excluding hydrogens is 328 g/mol. The monoisotopic (exact) mass is 350 g/mol. The van der Waals surface area contributed by atoms with Gasteiger partial charge >= 0.3 is 6.03 Å². The maximum Gasteiger partial charge on any atom is 0.329 e. The van der Waals surface area contributed by atoms with E-state index >= 15 is 0 Å². The highest BCUT2D eigenvalue weighted by Gasteiger charge is 2.33. The molecule has 134 valence electrons. The van der Waals surface area contributed by atoms with E-state index in [1.807, 2.05) is 68.4 Å². The third kappa shape index (κ3) is 3.94. The minimum Gasteiger partial charge on any atom is -0.490 e. The highest BCUT2D eigenvalue weighted by atomic mass is 16.5. The fourth-order valence-corrected chi connectivity index (χ4v) is 2.64. The molecule has 2 aromatic rings. The molecule has 0 saturated carbocycles. The highest BCUT2D eigenvalue weighted by Crippen LogP contribution is 2.24. The third-order valence-electron chi connectivity index (χ3n) is 4.27. The van der Waals surface area contributed by atoms with Gasteiger partial charge < -0.3 is 10.1 Å². The minimum absolute atomic E-state index is 0.0676. The molecule has 5 heteroatoms. The zero-order valence-corrected chi connectivity index (χ0v) is 14.9. The number of imide groups is 1. The fourth-order valence-electron chi connectivity index (χ4n) is 2.64. The Labute approximate surface area is 153 Å². The van der Waals surface area contributed by atoms with Gasteiger partial charge in [0.2, 0.25) is 0 Å². The van der Waals surface area contributed by atoms with Crippen LogP contribution in [0.25, 0.3) is 6.08 Å². The van der Waals surface area contributed by atoms with Crippen LogP contribution < -0.4 is 10.1 Å². The molecule has 2 aromatic carbocycles. The molecule has 1 saturated heterocycles. The maximum atomic E-state index is 12.6. The number of carbonyl (C=O) groups excluding carboxylic acids is 2. The second-order valence-electron chi connectivity index (χ2n) is 6.24. The number of hydrogen-bond acceptors (Lipinski definition) is 3. The predicted octanol–water partition coefficient (Wildman–Crippen LogP) is 3.96. The number of amides is 3. The molecule has 3 amide bonds. The SMILES string of the molecule is CC[C@@H](C)Oc1ccccc1/C=C1/NC(=O)N(Cc2ccccc2)C1=O. The van der Waals surface area contributed by atoms with Crippen LogP contribution in [0.15, 0.2) is 60.3 Å². The third-order valence-corrected chi connectivity index (χ3v) is 4.27. The molecular formula is C21H22N2O3. The van der Waals surface area contributed by atoms with Crippen LogP contribution in [0.1, 0.15) is 31.4 Å². The minimum atomic E-state index is -0.412. The topological polar surface area (TPSA) is 58.6 Å². The van der Waals surface area contributed by atoms with Gasteiger partial charge in [-0.05, 0) is 31.1 Å². The summed E-state index contributed by atoms with van der Waals surface area (Å²) in [7, 11) is 0. The van der Waals surface area contributed by atoms with Crippen molar-refractivity contribution < 1.29 is 14.3 Å². The molecule has 0 radical (unpaired) electrons. The van der Waals surface area contributed by atoms with Crippen LogP contribution in [0.2, 0.25) is 0 Å². The number of urea groups is 1. The van der Waals surface area contributed by atoms with E-state index in [0.717, 1.165) is 17.5 Å². The Balaban J connectivity index is 1.82. The van der Waals surface area contributed by atoms with Crippen molar-refractivity contribution in [2.75, 3.05) is 0 Å². The second kappa shape index (κ2) is 7.87. The Morgan fingerprint density at radius 1 is 1.08 bits per heavy atom. The lowest BCUT2D eigenvalue weighted by molar-refractivity contribution is -0.123. The summed E-state index contributed by atoms with van der Waals surface area (Å²) in [5.41, 5.74) is 1.92. The number of para-hydroxylation sites is 1. The normalized spacial score (nSPS) is 16.7. The summed E-state index contributed by atoms with van der Waals surface area (Å²) in [6.45, 7) is 4.29. The summed E-state index contributed by atoms with van der Waals surface area (Å²) < 4.78 is 5.91. The van der Waals surface area contributed by atoms with Crippen LogP contribution in [0.5, 0.6) is 5.75 Å². The lowest BCUT2D eigenvalue weighted by Gasteiger charge is -2.14. The number of benzene rings is 2. The highest BCUT2D eigenvalue weighted by molar-refractivity contribution is 6.14. The Morgan fingerprint density at radius 2 is 1.77 bits per heavy atom. The molecule has 1 heterocycles. The van der Waals surface area contributed by atoms with E-state index in [-0.39, 0.29) is 24.3 Å². The van der Waals surface area contributed by atoms with Gasteiger partial charge in [0, 0.05) is 5.56 Å². The van der Waals surface area contributed by atoms with Crippen molar-refractivity contribution in [2.24, 2.45) is 0 Å². The van der Waals surface area contributed by atoms with E-state index in [1.165, 1.54) is 4.90 Å². The van der Waals surface area contributed by atoms with Gasteiger partial charge in [-0.25, -0.2) is 4.79 Å². The van der Waals surface area contributed by atoms with E-state index in [2.05, 4.69) is 5.32 Å². The van der Waals surface area contributed by atoms with Gasteiger partial charge in [-0.3, -0.25) is 9.69 Å². The van der Waals surface area contributed by atoms with Gasteiger partial charge in [-0.1, -0.05) is 55.5 Å². The summed E-state index contributed by atoms with van der Waals surface area (Å²) in [6, 6.07) is 16.5. The quantitative estimate of drug-likeness (QED) is 0.634. The van der Waals surface area contributed by atoms with Crippen molar-refractivity contribution in [3.63, 3.8) is 0 Å². The largest absolute Gasteiger partial charge is 0.490 e. The number of nitrogens with zero attached hydrogens (tertiary/aromatic N) is 1. The smallest absolute Gasteiger partial charge is 0.329 e. The van der Waals surface area contributed by atoms with Crippen molar-refractivity contribution in [1.29, 1.82) is 0 Å². The van der Waals surface area contributed by atoms with E-state index < -0.39 is 6.03 Å². The number of ether oxygens (including phenoxy) is 1. The van der Waals surface area contributed by atoms with Crippen LogP contribution >= 0.6 is 0 Å². The second-order valence-corrected chi connectivity index (χ2v) is 6.24. The van der Waals surface area contributed by atoms with E-state index in [1.54, 1.807) is 6.08 Å². The van der Waals surface area contributed by atoms with Gasteiger partial charge in [0.05, 0.1) is 12.6 Å². The Morgan fingerprint density at radius 3 is 2.50 bits per heavy atom. The standard InChI is InChI=1S/C21H22N2O3/c1-3-15(2)26-19-12-8-7-11-17(19)13-18-20(24)23(21(25)22-18)14-16-9-5-4-6-10-16/h4-13,15H,3,14H2,1-2H3,(H,22,25)/b18-13+/t15-/m1/s1. The molecule has 0 aromatic heterocycles. The number of nitrogens with one attached hydrogen (secondary N) is 1. The molecule has 1 fully saturated rings. The molecule has 0 spiro atoms. The predicted molar refractivity (Wildman–Crippen MR) is 100 cm³/mol. The average molecular weight is 350 g/mol. The number of carbonyl (C=O) groups is 2. The van der Waals surface area contributed by atoms with Gasteiger partial charge in [0.25, 0.3) is 5.91 Å². The summed E-state index contributed by atoms with van der Waals surface area (Å²) >= 11 is 0.